The van der Waals surface area contributed by atoms with Crippen LogP contribution in [0.15, 0.2) is 152 Å². The molecule has 1 aromatic heterocycles. The van der Waals surface area contributed by atoms with Crippen LogP contribution in [0, 0.1) is 0 Å². The molecule has 0 bridgehead atoms. The number of hydrogen-bond donors (Lipinski definition) is 0. The summed E-state index contributed by atoms with van der Waals surface area (Å²) in [5.74, 6) is 1.83. The molecule has 1 aliphatic heterocycles. The summed E-state index contributed by atoms with van der Waals surface area (Å²) >= 11 is 0. The highest BCUT2D eigenvalue weighted by atomic mass is 16.5. The molecule has 0 saturated carbocycles. The molecule has 0 fully saturated rings. The molecule has 9 rings (SSSR count). The predicted octanol–water partition coefficient (Wildman–Crippen LogP) is 11.0. The molecule has 7 aromatic carbocycles. The molecule has 0 spiro atoms. The zero-order valence-electron chi connectivity index (χ0n) is 22.8. The largest absolute Gasteiger partial charge is 0.456 e. The fourth-order valence-electron chi connectivity index (χ4n) is 6.80. The van der Waals surface area contributed by atoms with Crippen LogP contribution in [0.25, 0.3) is 71.6 Å². The molecule has 196 valence electrons. The van der Waals surface area contributed by atoms with E-state index in [2.05, 4.69) is 144 Å². The van der Waals surface area contributed by atoms with E-state index >= 15 is 0 Å². The summed E-state index contributed by atoms with van der Waals surface area (Å²) < 4.78 is 8.74. The normalized spacial score (nSPS) is 12.0. The molecule has 2 heterocycles. The molecule has 0 atom stereocenters. The van der Waals surface area contributed by atoms with Crippen LogP contribution >= 0.6 is 0 Å². The van der Waals surface area contributed by atoms with Crippen LogP contribution in [0.5, 0.6) is 11.5 Å². The first-order chi connectivity index (χ1) is 20.8. The lowest BCUT2D eigenvalue weighted by atomic mass is 9.89. The van der Waals surface area contributed by atoms with Gasteiger partial charge in [-0.1, -0.05) is 109 Å². The van der Waals surface area contributed by atoms with Gasteiger partial charge in [0.1, 0.15) is 11.5 Å². The first kappa shape index (κ1) is 23.1. The Bertz CT molecular complexity index is 2330. The third kappa shape index (κ3) is 3.33. The number of rotatable bonds is 3. The zero-order chi connectivity index (χ0) is 27.6. The molecule has 0 unspecified atom stereocenters. The second-order valence-electron chi connectivity index (χ2n) is 10.9. The highest BCUT2D eigenvalue weighted by Crippen LogP contribution is 2.48. The van der Waals surface area contributed by atoms with Gasteiger partial charge >= 0.3 is 0 Å². The number of ether oxygens (including phenoxy) is 1. The predicted molar refractivity (Wildman–Crippen MR) is 175 cm³/mol. The first-order valence-corrected chi connectivity index (χ1v) is 14.4. The number of para-hydroxylation sites is 3. The molecular formula is C40H25NO. The van der Waals surface area contributed by atoms with Crippen LogP contribution in [0.3, 0.4) is 0 Å². The summed E-state index contributed by atoms with van der Waals surface area (Å²) in [4.78, 5) is 0. The van der Waals surface area contributed by atoms with E-state index in [0.717, 1.165) is 17.1 Å². The van der Waals surface area contributed by atoms with E-state index in [1.54, 1.807) is 0 Å². The van der Waals surface area contributed by atoms with Crippen molar-refractivity contribution in [1.82, 2.24) is 4.57 Å². The maximum atomic E-state index is 6.36. The topological polar surface area (TPSA) is 14.2 Å². The molecule has 42 heavy (non-hydrogen) atoms. The van der Waals surface area contributed by atoms with Gasteiger partial charge in [-0.15, -0.1) is 0 Å². The maximum Gasteiger partial charge on any atom is 0.135 e. The third-order valence-corrected chi connectivity index (χ3v) is 8.60. The van der Waals surface area contributed by atoms with E-state index in [1.165, 1.54) is 66.1 Å². The lowest BCUT2D eigenvalue weighted by molar-refractivity contribution is 0.487. The Morgan fingerprint density at radius 1 is 0.381 bits per heavy atom. The Morgan fingerprint density at radius 2 is 1.05 bits per heavy atom. The van der Waals surface area contributed by atoms with Crippen LogP contribution in [-0.2, 0) is 0 Å². The maximum absolute atomic E-state index is 6.36. The van der Waals surface area contributed by atoms with E-state index in [0.29, 0.717) is 0 Å². The van der Waals surface area contributed by atoms with Crippen molar-refractivity contribution in [3.05, 3.63) is 152 Å². The molecule has 8 aromatic rings. The summed E-state index contributed by atoms with van der Waals surface area (Å²) in [5, 5.41) is 4.91. The van der Waals surface area contributed by atoms with Crippen molar-refractivity contribution in [2.24, 2.45) is 0 Å². The van der Waals surface area contributed by atoms with E-state index in [9.17, 15) is 0 Å². The smallest absolute Gasteiger partial charge is 0.135 e. The molecule has 2 heteroatoms. The van der Waals surface area contributed by atoms with Gasteiger partial charge in [-0.2, -0.15) is 0 Å². The minimum Gasteiger partial charge on any atom is -0.456 e. The lowest BCUT2D eigenvalue weighted by Crippen LogP contribution is -1.97. The summed E-state index contributed by atoms with van der Waals surface area (Å²) in [6.07, 6.45) is 0. The Hall–Kier alpha value is -5.60. The molecular weight excluding hydrogens is 510 g/mol. The van der Waals surface area contributed by atoms with Crippen LogP contribution in [0.4, 0.5) is 0 Å². The molecule has 0 aliphatic carbocycles. The van der Waals surface area contributed by atoms with Crippen molar-refractivity contribution in [1.29, 1.82) is 0 Å². The van der Waals surface area contributed by atoms with Gasteiger partial charge in [0.25, 0.3) is 0 Å². The van der Waals surface area contributed by atoms with Crippen molar-refractivity contribution in [2.45, 2.75) is 0 Å². The number of hydrogen-bond acceptors (Lipinski definition) is 1. The quantitative estimate of drug-likeness (QED) is 0.219. The van der Waals surface area contributed by atoms with Crippen molar-refractivity contribution in [2.75, 3.05) is 0 Å². The van der Waals surface area contributed by atoms with E-state index < -0.39 is 0 Å². The number of benzene rings is 7. The Labute approximate surface area is 243 Å². The van der Waals surface area contributed by atoms with Gasteiger partial charge in [-0.25, -0.2) is 0 Å². The van der Waals surface area contributed by atoms with E-state index in [-0.39, 0.29) is 0 Å². The van der Waals surface area contributed by atoms with Crippen molar-refractivity contribution in [3.8, 4) is 50.6 Å². The van der Waals surface area contributed by atoms with E-state index in [4.69, 9.17) is 4.74 Å². The average Bonchev–Trinajstić information content (AvgIpc) is 3.40. The van der Waals surface area contributed by atoms with Gasteiger partial charge in [-0.3, -0.25) is 0 Å². The highest BCUT2D eigenvalue weighted by molar-refractivity contribution is 6.16. The second kappa shape index (κ2) is 8.95. The van der Waals surface area contributed by atoms with Crippen LogP contribution in [0.1, 0.15) is 0 Å². The molecule has 2 nitrogen and oxygen atoms in total. The third-order valence-electron chi connectivity index (χ3n) is 8.60. The molecule has 1 aliphatic rings. The summed E-state index contributed by atoms with van der Waals surface area (Å²) in [6.45, 7) is 0. The second-order valence-corrected chi connectivity index (χ2v) is 10.9. The van der Waals surface area contributed by atoms with Crippen molar-refractivity contribution >= 4 is 32.6 Å². The Balaban J connectivity index is 1.26. The first-order valence-electron chi connectivity index (χ1n) is 14.4. The number of aromatic nitrogens is 1. The number of fused-ring (bicyclic) bond motifs is 5. The van der Waals surface area contributed by atoms with Gasteiger partial charge in [0.2, 0.25) is 0 Å². The van der Waals surface area contributed by atoms with Gasteiger partial charge in [-0.05, 0) is 75.7 Å². The van der Waals surface area contributed by atoms with Gasteiger partial charge in [0, 0.05) is 27.4 Å². The summed E-state index contributed by atoms with van der Waals surface area (Å²) in [6, 6.07) is 54.2. The van der Waals surface area contributed by atoms with Crippen LogP contribution in [0.2, 0.25) is 0 Å². The van der Waals surface area contributed by atoms with Crippen molar-refractivity contribution < 1.29 is 4.74 Å². The standard InChI is InChI=1S/C40H25NO/c1-2-13-28(14-3-1)41-35-20-6-4-16-34(35)39-30(17-10-21-36(39)41)27-12-8-11-26(25-27)29-23-24-38-40-32(29)18-9-19-33(40)31-15-5-7-22-37(31)42-38/h1-25H. The molecule has 0 amide bonds. The van der Waals surface area contributed by atoms with Crippen LogP contribution in [-0.4, -0.2) is 4.57 Å². The summed E-state index contributed by atoms with van der Waals surface area (Å²) in [7, 11) is 0. The van der Waals surface area contributed by atoms with E-state index in [1.807, 2.05) is 12.1 Å². The highest BCUT2D eigenvalue weighted by Gasteiger charge is 2.21. The van der Waals surface area contributed by atoms with Gasteiger partial charge < -0.3 is 9.30 Å². The molecule has 0 radical (unpaired) electrons. The fourth-order valence-corrected chi connectivity index (χ4v) is 6.80. The minimum absolute atomic E-state index is 0.912. The summed E-state index contributed by atoms with van der Waals surface area (Å²) in [5.41, 5.74) is 10.8. The minimum atomic E-state index is 0.912. The van der Waals surface area contributed by atoms with Crippen molar-refractivity contribution in [3.63, 3.8) is 0 Å². The van der Waals surface area contributed by atoms with Gasteiger partial charge in [0.15, 0.2) is 0 Å². The number of nitrogens with zero attached hydrogens (tertiary/aromatic N) is 1. The SMILES string of the molecule is c1ccc(-n2c3ccccc3c3c(-c4cccc(-c5ccc6c7c(cccc57)-c5ccccc5O6)c4)cccc32)cc1. The average molecular weight is 536 g/mol. The zero-order valence-corrected chi connectivity index (χ0v) is 22.8. The molecule has 0 N–H and O–H groups in total. The Morgan fingerprint density at radius 3 is 1.98 bits per heavy atom. The molecule has 0 saturated heterocycles. The monoisotopic (exact) mass is 535 g/mol. The Kier molecular flexibility index (Phi) is 4.93. The fraction of sp³-hybridized carbons (Fsp3) is 0. The lowest BCUT2D eigenvalue weighted by Gasteiger charge is -2.22. The van der Waals surface area contributed by atoms with Gasteiger partial charge in [0.05, 0.1) is 11.0 Å². The van der Waals surface area contributed by atoms with Crippen LogP contribution < -0.4 is 4.74 Å².